The van der Waals surface area contributed by atoms with Crippen molar-refractivity contribution < 1.29 is 59.4 Å². The summed E-state index contributed by atoms with van der Waals surface area (Å²) in [6.45, 7) is 2.55. The minimum atomic E-state index is -2.15. The molecule has 0 saturated carbocycles. The van der Waals surface area contributed by atoms with Crippen LogP contribution in [0.25, 0.3) is 0 Å². The average molecular weight is 426 g/mol. The second-order valence-electron chi connectivity index (χ2n) is 6.05. The molecule has 0 radical (unpaired) electrons. The molecule has 6 N–H and O–H groups in total. The van der Waals surface area contributed by atoms with Crippen molar-refractivity contribution in [3.05, 3.63) is 33.4 Å². The van der Waals surface area contributed by atoms with Crippen LogP contribution in [0, 0.1) is 0 Å². The summed E-state index contributed by atoms with van der Waals surface area (Å²) in [6.07, 6.45) is -4.63. The molecule has 0 spiro atoms. The molecule has 162 valence electrons. The van der Waals surface area contributed by atoms with E-state index in [1.165, 1.54) is 13.8 Å². The normalized spacial score (nSPS) is 12.7. The van der Waals surface area contributed by atoms with Gasteiger partial charge < -0.3 is 30.6 Å². The van der Waals surface area contributed by atoms with E-state index >= 15 is 0 Å². The average Bonchev–Trinajstić information content (AvgIpc) is 2.68. The zero-order valence-corrected chi connectivity index (χ0v) is 15.7. The predicted octanol–water partition coefficient (Wildman–Crippen LogP) is 0.387. The Labute approximate surface area is 168 Å². The number of Topliss-reactive ketones (excluding diaryl/α,β-unsaturated/α-hetero) is 2. The van der Waals surface area contributed by atoms with Crippen molar-refractivity contribution in [3.63, 3.8) is 0 Å². The molecule has 30 heavy (non-hydrogen) atoms. The summed E-state index contributed by atoms with van der Waals surface area (Å²) in [4.78, 5) is 72.4. The van der Waals surface area contributed by atoms with Crippen LogP contribution >= 0.6 is 0 Å². The molecule has 12 nitrogen and oxygen atoms in total. The van der Waals surface area contributed by atoms with Crippen molar-refractivity contribution in [2.75, 3.05) is 0 Å². The molecule has 0 aliphatic heterocycles. The molecule has 2 atom stereocenters. The van der Waals surface area contributed by atoms with Gasteiger partial charge in [-0.3, -0.25) is 9.59 Å². The molecule has 0 heterocycles. The van der Waals surface area contributed by atoms with Crippen LogP contribution in [-0.4, -0.2) is 78.3 Å². The van der Waals surface area contributed by atoms with Crippen LogP contribution in [-0.2, 0) is 0 Å². The topological polar surface area (TPSA) is 224 Å². The van der Waals surface area contributed by atoms with Crippen LogP contribution in [0.4, 0.5) is 0 Å². The fourth-order valence-corrected chi connectivity index (χ4v) is 2.80. The van der Waals surface area contributed by atoms with Crippen LogP contribution < -0.4 is 0 Å². The van der Waals surface area contributed by atoms with E-state index in [4.69, 9.17) is 0 Å². The van der Waals surface area contributed by atoms with E-state index in [1.54, 1.807) is 0 Å². The van der Waals surface area contributed by atoms with Gasteiger partial charge >= 0.3 is 23.9 Å². The lowest BCUT2D eigenvalue weighted by Gasteiger charge is -2.21. The number of carboxylic acids is 4. The standard InChI is InChI=1S/C18H18O12/c1-3-5(19)13(21)7-9(15(23)24)11(17(27)28)8(14(22)6(20)4-2)12(18(29)30)10(7)16(25)26/h5-6,19-20H,3-4H2,1-2H3,(H,23,24)(H,25,26)(H,27,28)(H,29,30). The van der Waals surface area contributed by atoms with Gasteiger partial charge in [-0.05, 0) is 12.8 Å². The molecule has 12 heteroatoms. The Balaban J connectivity index is 4.52. The summed E-state index contributed by atoms with van der Waals surface area (Å²) in [5.41, 5.74) is -8.66. The number of hydrogen-bond donors (Lipinski definition) is 6. The molecule has 1 aromatic rings. The summed E-state index contributed by atoms with van der Waals surface area (Å²) in [5, 5.41) is 57.7. The molecule has 2 unspecified atom stereocenters. The minimum absolute atomic E-state index is 0.336. The molecule has 0 aliphatic carbocycles. The fourth-order valence-electron chi connectivity index (χ4n) is 2.80. The Bertz CT molecular complexity index is 828. The van der Waals surface area contributed by atoms with Gasteiger partial charge in [-0.1, -0.05) is 13.8 Å². The lowest BCUT2D eigenvalue weighted by molar-refractivity contribution is 0.0609. The summed E-state index contributed by atoms with van der Waals surface area (Å²) in [6, 6.07) is 0. The van der Waals surface area contributed by atoms with E-state index in [-0.39, 0.29) is 12.8 Å². The number of rotatable bonds is 10. The number of aliphatic hydroxyl groups is 2. The summed E-state index contributed by atoms with van der Waals surface area (Å²) in [5.74, 6) is -11.7. The van der Waals surface area contributed by atoms with E-state index in [2.05, 4.69) is 0 Å². The smallest absolute Gasteiger partial charge is 0.337 e. The Morgan fingerprint density at radius 1 is 0.533 bits per heavy atom. The van der Waals surface area contributed by atoms with Crippen LogP contribution in [0.2, 0.25) is 0 Å². The molecule has 0 fully saturated rings. The van der Waals surface area contributed by atoms with E-state index in [0.717, 1.165) is 0 Å². The van der Waals surface area contributed by atoms with Gasteiger partial charge in [0.25, 0.3) is 0 Å². The first-order chi connectivity index (χ1) is 13.8. The number of carbonyl (C=O) groups is 6. The van der Waals surface area contributed by atoms with Crippen molar-refractivity contribution in [3.8, 4) is 0 Å². The lowest BCUT2D eigenvalue weighted by atomic mass is 9.81. The quantitative estimate of drug-likeness (QED) is 0.279. The second kappa shape index (κ2) is 9.24. The number of hydrogen-bond acceptors (Lipinski definition) is 8. The molecule has 0 aromatic heterocycles. The van der Waals surface area contributed by atoms with Crippen LogP contribution in [0.1, 0.15) is 88.8 Å². The highest BCUT2D eigenvalue weighted by Gasteiger charge is 2.42. The van der Waals surface area contributed by atoms with Gasteiger partial charge in [-0.15, -0.1) is 0 Å². The molecular weight excluding hydrogens is 408 g/mol. The molecule has 1 rings (SSSR count). The van der Waals surface area contributed by atoms with Crippen LogP contribution in [0.5, 0.6) is 0 Å². The second-order valence-corrected chi connectivity index (χ2v) is 6.05. The van der Waals surface area contributed by atoms with E-state index in [0.29, 0.717) is 0 Å². The van der Waals surface area contributed by atoms with Gasteiger partial charge in [-0.2, -0.15) is 0 Å². The lowest BCUT2D eigenvalue weighted by Crippen LogP contribution is -2.33. The van der Waals surface area contributed by atoms with Gasteiger partial charge in [0.1, 0.15) is 12.2 Å². The molecule has 0 saturated heterocycles. The van der Waals surface area contributed by atoms with E-state index in [9.17, 15) is 59.4 Å². The third-order valence-corrected chi connectivity index (χ3v) is 4.23. The van der Waals surface area contributed by atoms with Gasteiger partial charge in [0.05, 0.1) is 33.4 Å². The number of ketones is 2. The molecule has 0 bridgehead atoms. The Hall–Kier alpha value is -3.64. The first-order valence-electron chi connectivity index (χ1n) is 8.44. The third-order valence-electron chi connectivity index (χ3n) is 4.23. The highest BCUT2D eigenvalue weighted by atomic mass is 16.4. The number of aliphatic hydroxyl groups excluding tert-OH is 2. The van der Waals surface area contributed by atoms with E-state index < -0.39 is 81.0 Å². The molecule has 0 aliphatic rings. The van der Waals surface area contributed by atoms with Crippen molar-refractivity contribution in [1.82, 2.24) is 0 Å². The highest BCUT2D eigenvalue weighted by Crippen LogP contribution is 2.32. The maximum absolute atomic E-state index is 12.6. The first kappa shape index (κ1) is 24.4. The van der Waals surface area contributed by atoms with Crippen molar-refractivity contribution in [1.29, 1.82) is 0 Å². The number of benzene rings is 1. The minimum Gasteiger partial charge on any atom is -0.478 e. The first-order valence-corrected chi connectivity index (χ1v) is 8.44. The Kier molecular flexibility index (Phi) is 7.51. The van der Waals surface area contributed by atoms with Crippen LogP contribution in [0.15, 0.2) is 0 Å². The summed E-state index contributed by atoms with van der Waals surface area (Å²) < 4.78 is 0. The third kappa shape index (κ3) is 4.18. The number of aromatic carboxylic acids is 4. The highest BCUT2D eigenvalue weighted by molar-refractivity contribution is 6.25. The fraction of sp³-hybridized carbons (Fsp3) is 0.333. The predicted molar refractivity (Wildman–Crippen MR) is 95.5 cm³/mol. The summed E-state index contributed by atoms with van der Waals surface area (Å²) >= 11 is 0. The molecular formula is C18H18O12. The maximum Gasteiger partial charge on any atom is 0.337 e. The zero-order chi connectivity index (χ0) is 23.5. The van der Waals surface area contributed by atoms with Crippen molar-refractivity contribution >= 4 is 35.4 Å². The number of carboxylic acid groups (broad SMARTS) is 4. The zero-order valence-electron chi connectivity index (χ0n) is 15.7. The van der Waals surface area contributed by atoms with E-state index in [1.807, 2.05) is 0 Å². The van der Waals surface area contributed by atoms with Crippen molar-refractivity contribution in [2.45, 2.75) is 38.9 Å². The molecule has 0 amide bonds. The van der Waals surface area contributed by atoms with Gasteiger partial charge in [0.15, 0.2) is 11.6 Å². The maximum atomic E-state index is 12.6. The van der Waals surface area contributed by atoms with Gasteiger partial charge in [0.2, 0.25) is 0 Å². The van der Waals surface area contributed by atoms with Gasteiger partial charge in [0, 0.05) is 0 Å². The van der Waals surface area contributed by atoms with Gasteiger partial charge in [-0.25, -0.2) is 19.2 Å². The molecule has 1 aromatic carbocycles. The monoisotopic (exact) mass is 426 g/mol. The number of carbonyl (C=O) groups excluding carboxylic acids is 2. The Morgan fingerprint density at radius 2 is 0.733 bits per heavy atom. The van der Waals surface area contributed by atoms with Crippen LogP contribution in [0.3, 0.4) is 0 Å². The SMILES string of the molecule is CCC(O)C(=O)c1c(C(=O)O)c(C(=O)O)c(C(=O)C(O)CC)c(C(=O)O)c1C(=O)O. The van der Waals surface area contributed by atoms with Crippen molar-refractivity contribution in [2.24, 2.45) is 0 Å². The largest absolute Gasteiger partial charge is 0.478 e. The summed E-state index contributed by atoms with van der Waals surface area (Å²) in [7, 11) is 0. The Morgan fingerprint density at radius 3 is 0.867 bits per heavy atom.